The molecule has 0 atom stereocenters. The highest BCUT2D eigenvalue weighted by Gasteiger charge is 1.98. The molecule has 0 saturated heterocycles. The Labute approximate surface area is 86.8 Å². The summed E-state index contributed by atoms with van der Waals surface area (Å²) >= 11 is 0. The fraction of sp³-hybridized carbons (Fsp3) is 0.538. The van der Waals surface area contributed by atoms with E-state index in [1.807, 2.05) is 12.1 Å². The summed E-state index contributed by atoms with van der Waals surface area (Å²) in [6.07, 6.45) is 5.84. The Morgan fingerprint density at radius 3 is 2.36 bits per heavy atom. The molecule has 0 bridgehead atoms. The Morgan fingerprint density at radius 2 is 1.71 bits per heavy atom. The van der Waals surface area contributed by atoms with Crippen molar-refractivity contribution in [1.82, 2.24) is 0 Å². The molecule has 14 heavy (non-hydrogen) atoms. The lowest BCUT2D eigenvalue weighted by molar-refractivity contribution is 0.473. The summed E-state index contributed by atoms with van der Waals surface area (Å²) in [5.41, 5.74) is 2.51. The second-order valence-electron chi connectivity index (χ2n) is 3.82. The van der Waals surface area contributed by atoms with Crippen molar-refractivity contribution < 1.29 is 5.11 Å². The van der Waals surface area contributed by atoms with Gasteiger partial charge in [0.05, 0.1) is 0 Å². The molecule has 0 radical (unpaired) electrons. The van der Waals surface area contributed by atoms with Crippen LogP contribution in [0.5, 0.6) is 5.75 Å². The molecule has 1 aromatic carbocycles. The highest BCUT2D eigenvalue weighted by molar-refractivity contribution is 5.33. The van der Waals surface area contributed by atoms with Gasteiger partial charge in [-0.15, -0.1) is 0 Å². The van der Waals surface area contributed by atoms with Gasteiger partial charge in [0, 0.05) is 0 Å². The number of rotatable bonds is 5. The first-order chi connectivity index (χ1) is 6.76. The van der Waals surface area contributed by atoms with Crippen LogP contribution in [0.4, 0.5) is 0 Å². The number of hydrogen-bond acceptors (Lipinski definition) is 1. The van der Waals surface area contributed by atoms with Gasteiger partial charge in [-0.3, -0.25) is 0 Å². The maximum Gasteiger partial charge on any atom is 0.116 e. The van der Waals surface area contributed by atoms with E-state index in [2.05, 4.69) is 19.9 Å². The lowest BCUT2D eigenvalue weighted by Gasteiger charge is -2.04. The highest BCUT2D eigenvalue weighted by Crippen LogP contribution is 2.18. The van der Waals surface area contributed by atoms with Crippen molar-refractivity contribution in [2.45, 2.75) is 46.0 Å². The van der Waals surface area contributed by atoms with Crippen molar-refractivity contribution in [3.63, 3.8) is 0 Å². The van der Waals surface area contributed by atoms with E-state index >= 15 is 0 Å². The predicted molar refractivity (Wildman–Crippen MR) is 60.7 cm³/mol. The normalized spacial score (nSPS) is 10.4. The average Bonchev–Trinajstić information content (AvgIpc) is 2.17. The summed E-state index contributed by atoms with van der Waals surface area (Å²) < 4.78 is 0. The zero-order valence-corrected chi connectivity index (χ0v) is 9.21. The van der Waals surface area contributed by atoms with Crippen molar-refractivity contribution in [3.8, 4) is 5.75 Å². The number of unbranched alkanes of at least 4 members (excludes halogenated alkanes) is 2. The van der Waals surface area contributed by atoms with Crippen molar-refractivity contribution in [1.29, 1.82) is 0 Å². The van der Waals surface area contributed by atoms with Crippen molar-refractivity contribution in [3.05, 3.63) is 29.3 Å². The third-order valence-corrected chi connectivity index (χ3v) is 2.51. The van der Waals surface area contributed by atoms with Gasteiger partial charge in [-0.2, -0.15) is 0 Å². The van der Waals surface area contributed by atoms with Crippen LogP contribution in [0.25, 0.3) is 0 Å². The Morgan fingerprint density at radius 1 is 1.00 bits per heavy atom. The van der Waals surface area contributed by atoms with Gasteiger partial charge in [0.15, 0.2) is 0 Å². The molecule has 1 heteroatoms. The van der Waals surface area contributed by atoms with Crippen molar-refractivity contribution in [2.75, 3.05) is 0 Å². The van der Waals surface area contributed by atoms with Gasteiger partial charge < -0.3 is 5.11 Å². The monoisotopic (exact) mass is 192 g/mol. The second-order valence-corrected chi connectivity index (χ2v) is 3.82. The van der Waals surface area contributed by atoms with Gasteiger partial charge in [0.2, 0.25) is 0 Å². The number of phenolic OH excluding ortho intramolecular Hbond substituents is 1. The van der Waals surface area contributed by atoms with Crippen LogP contribution in [0.15, 0.2) is 18.2 Å². The first kappa shape index (κ1) is 11.1. The lowest BCUT2D eigenvalue weighted by atomic mass is 10.0. The van der Waals surface area contributed by atoms with Crippen molar-refractivity contribution in [2.24, 2.45) is 0 Å². The van der Waals surface area contributed by atoms with Crippen LogP contribution in [-0.4, -0.2) is 5.11 Å². The maximum atomic E-state index is 9.48. The molecule has 0 aliphatic rings. The Bertz CT molecular complexity index is 279. The minimum absolute atomic E-state index is 0.413. The second kappa shape index (κ2) is 5.69. The summed E-state index contributed by atoms with van der Waals surface area (Å²) in [7, 11) is 0. The van der Waals surface area contributed by atoms with Gasteiger partial charge in [-0.1, -0.05) is 32.8 Å². The zero-order chi connectivity index (χ0) is 10.4. The third-order valence-electron chi connectivity index (χ3n) is 2.51. The summed E-state index contributed by atoms with van der Waals surface area (Å²) in [5, 5.41) is 9.48. The molecule has 0 fully saturated rings. The SMILES string of the molecule is CCCCCc1cc(O)cc(CC)c1. The third kappa shape index (κ3) is 3.41. The standard InChI is InChI=1S/C13H20O/c1-3-5-6-7-12-8-11(4-2)9-13(14)10-12/h8-10,14H,3-7H2,1-2H3. The number of aryl methyl sites for hydroxylation is 2. The number of aromatic hydroxyl groups is 1. The molecule has 0 heterocycles. The van der Waals surface area contributed by atoms with Crippen LogP contribution >= 0.6 is 0 Å². The number of phenols is 1. The van der Waals surface area contributed by atoms with E-state index in [0.29, 0.717) is 5.75 Å². The highest BCUT2D eigenvalue weighted by atomic mass is 16.3. The molecule has 1 aromatic rings. The number of hydrogen-bond donors (Lipinski definition) is 1. The minimum atomic E-state index is 0.413. The van der Waals surface area contributed by atoms with E-state index in [-0.39, 0.29) is 0 Å². The van der Waals surface area contributed by atoms with Gasteiger partial charge in [0.1, 0.15) is 5.75 Å². The molecule has 0 amide bonds. The Balaban J connectivity index is 2.62. The molecule has 0 aromatic heterocycles. The molecule has 0 saturated carbocycles. The van der Waals surface area contributed by atoms with E-state index in [9.17, 15) is 5.11 Å². The van der Waals surface area contributed by atoms with Crippen molar-refractivity contribution >= 4 is 0 Å². The quantitative estimate of drug-likeness (QED) is 0.705. The van der Waals surface area contributed by atoms with E-state index in [4.69, 9.17) is 0 Å². The summed E-state index contributed by atoms with van der Waals surface area (Å²) in [6.45, 7) is 4.32. The van der Waals surface area contributed by atoms with E-state index in [1.165, 1.54) is 30.4 Å². The van der Waals surface area contributed by atoms with Crippen LogP contribution in [-0.2, 0) is 12.8 Å². The summed E-state index contributed by atoms with van der Waals surface area (Å²) in [4.78, 5) is 0. The zero-order valence-electron chi connectivity index (χ0n) is 9.21. The van der Waals surface area contributed by atoms with Crippen LogP contribution in [0.2, 0.25) is 0 Å². The Hall–Kier alpha value is -0.980. The fourth-order valence-electron chi connectivity index (χ4n) is 1.67. The molecule has 78 valence electrons. The first-order valence-corrected chi connectivity index (χ1v) is 5.58. The predicted octanol–water partition coefficient (Wildman–Crippen LogP) is 3.69. The molecular formula is C13H20O. The average molecular weight is 192 g/mol. The minimum Gasteiger partial charge on any atom is -0.508 e. The van der Waals surface area contributed by atoms with Gasteiger partial charge in [-0.25, -0.2) is 0 Å². The maximum absolute atomic E-state index is 9.48. The van der Waals surface area contributed by atoms with Gasteiger partial charge >= 0.3 is 0 Å². The van der Waals surface area contributed by atoms with Crippen LogP contribution in [0, 0.1) is 0 Å². The summed E-state index contributed by atoms with van der Waals surface area (Å²) in [5.74, 6) is 0.413. The van der Waals surface area contributed by atoms with E-state index < -0.39 is 0 Å². The molecule has 0 unspecified atom stereocenters. The van der Waals surface area contributed by atoms with Gasteiger partial charge in [-0.05, 0) is 42.5 Å². The van der Waals surface area contributed by atoms with Gasteiger partial charge in [0.25, 0.3) is 0 Å². The molecule has 0 aliphatic heterocycles. The lowest BCUT2D eigenvalue weighted by Crippen LogP contribution is -1.88. The molecular weight excluding hydrogens is 172 g/mol. The number of benzene rings is 1. The smallest absolute Gasteiger partial charge is 0.116 e. The van der Waals surface area contributed by atoms with Crippen LogP contribution in [0.3, 0.4) is 0 Å². The molecule has 1 N–H and O–H groups in total. The molecule has 0 spiro atoms. The van der Waals surface area contributed by atoms with E-state index in [1.54, 1.807) is 0 Å². The summed E-state index contributed by atoms with van der Waals surface area (Å²) in [6, 6.07) is 5.94. The fourth-order valence-corrected chi connectivity index (χ4v) is 1.67. The van der Waals surface area contributed by atoms with E-state index in [0.717, 1.165) is 12.8 Å². The molecule has 0 aliphatic carbocycles. The van der Waals surface area contributed by atoms with Crippen LogP contribution < -0.4 is 0 Å². The Kier molecular flexibility index (Phi) is 4.51. The van der Waals surface area contributed by atoms with Crippen LogP contribution in [0.1, 0.15) is 44.2 Å². The largest absolute Gasteiger partial charge is 0.508 e. The molecule has 1 nitrogen and oxygen atoms in total. The topological polar surface area (TPSA) is 20.2 Å². The first-order valence-electron chi connectivity index (χ1n) is 5.58. The molecule has 1 rings (SSSR count).